The lowest BCUT2D eigenvalue weighted by Crippen LogP contribution is -2.17. The van der Waals surface area contributed by atoms with E-state index in [1.54, 1.807) is 6.92 Å². The molecule has 3 heteroatoms. The summed E-state index contributed by atoms with van der Waals surface area (Å²) in [7, 11) is 1.94. The van der Waals surface area contributed by atoms with Crippen LogP contribution in [0.1, 0.15) is 69.0 Å². The first-order chi connectivity index (χ1) is 9.60. The molecule has 0 saturated carbocycles. The molecule has 114 valence electrons. The molecule has 0 aliphatic carbocycles. The molecule has 1 nitrogen and oxygen atoms in total. The molecule has 1 aromatic carbocycles. The van der Waals surface area contributed by atoms with Gasteiger partial charge in [0, 0.05) is 11.1 Å². The highest BCUT2D eigenvalue weighted by Crippen LogP contribution is 2.29. The third kappa shape index (κ3) is 5.41. The minimum Gasteiger partial charge on any atom is -0.313 e. The fraction of sp³-hybridized carbons (Fsp3) is 0.647. The Hall–Kier alpha value is -0.600. The molecule has 0 spiro atoms. The van der Waals surface area contributed by atoms with Gasteiger partial charge in [-0.3, -0.25) is 0 Å². The van der Waals surface area contributed by atoms with Crippen molar-refractivity contribution in [1.82, 2.24) is 5.32 Å². The molecule has 0 bridgehead atoms. The van der Waals surface area contributed by atoms with Crippen molar-refractivity contribution in [3.05, 3.63) is 34.1 Å². The molecule has 0 amide bonds. The topological polar surface area (TPSA) is 12.0 Å². The second-order valence-electron chi connectivity index (χ2n) is 5.52. The highest BCUT2D eigenvalue weighted by atomic mass is 35.5. The van der Waals surface area contributed by atoms with Crippen LogP contribution in [0.4, 0.5) is 4.39 Å². The van der Waals surface area contributed by atoms with Crippen LogP contribution in [0.5, 0.6) is 0 Å². The molecule has 0 aromatic heterocycles. The molecule has 0 radical (unpaired) electrons. The molecule has 1 N–H and O–H groups in total. The van der Waals surface area contributed by atoms with Crippen LogP contribution in [0, 0.1) is 12.7 Å². The molecule has 1 atom stereocenters. The van der Waals surface area contributed by atoms with Gasteiger partial charge in [-0.05, 0) is 37.6 Å². The van der Waals surface area contributed by atoms with Crippen LogP contribution in [-0.2, 0) is 0 Å². The average Bonchev–Trinajstić information content (AvgIpc) is 2.43. The maximum Gasteiger partial charge on any atom is 0.127 e. The Morgan fingerprint density at radius 1 is 1.15 bits per heavy atom. The molecule has 0 aliphatic heterocycles. The van der Waals surface area contributed by atoms with Gasteiger partial charge in [-0.1, -0.05) is 63.1 Å². The van der Waals surface area contributed by atoms with Gasteiger partial charge in [0.15, 0.2) is 0 Å². The largest absolute Gasteiger partial charge is 0.313 e. The first-order valence-electron chi connectivity index (χ1n) is 7.73. The predicted octanol–water partition coefficient (Wildman–Crippen LogP) is 5.80. The van der Waals surface area contributed by atoms with E-state index in [1.165, 1.54) is 44.6 Å². The van der Waals surface area contributed by atoms with E-state index in [0.717, 1.165) is 12.0 Å². The van der Waals surface area contributed by atoms with Gasteiger partial charge in [-0.15, -0.1) is 0 Å². The number of halogens is 2. The summed E-state index contributed by atoms with van der Waals surface area (Å²) < 4.78 is 13.4. The zero-order valence-corrected chi connectivity index (χ0v) is 13.7. The Balaban J connectivity index is 2.52. The second kappa shape index (κ2) is 9.36. The van der Waals surface area contributed by atoms with Gasteiger partial charge in [-0.25, -0.2) is 4.39 Å². The molecule has 20 heavy (non-hydrogen) atoms. The van der Waals surface area contributed by atoms with E-state index in [1.807, 2.05) is 13.1 Å². The van der Waals surface area contributed by atoms with Crippen molar-refractivity contribution in [1.29, 1.82) is 0 Å². The number of hydrogen-bond donors (Lipinski definition) is 1. The number of nitrogens with one attached hydrogen (secondary N) is 1. The van der Waals surface area contributed by atoms with E-state index in [4.69, 9.17) is 11.6 Å². The van der Waals surface area contributed by atoms with E-state index >= 15 is 0 Å². The minimum atomic E-state index is -0.229. The van der Waals surface area contributed by atoms with E-state index in [-0.39, 0.29) is 11.9 Å². The Labute approximate surface area is 127 Å². The van der Waals surface area contributed by atoms with Gasteiger partial charge in [0.1, 0.15) is 5.82 Å². The van der Waals surface area contributed by atoms with Gasteiger partial charge in [0.25, 0.3) is 0 Å². The summed E-state index contributed by atoms with van der Waals surface area (Å²) in [6, 6.07) is 3.52. The standard InChI is InChI=1S/C17H27ClFN/c1-4-5-6-7-8-9-10-17(20-3)14-11-13(2)16(19)12-15(14)18/h11-12,17,20H,4-10H2,1-3H3. The van der Waals surface area contributed by atoms with E-state index < -0.39 is 0 Å². The highest BCUT2D eigenvalue weighted by molar-refractivity contribution is 6.31. The lowest BCUT2D eigenvalue weighted by atomic mass is 9.98. The molecule has 0 saturated heterocycles. The molecule has 0 aliphatic rings. The Bertz CT molecular complexity index is 406. The zero-order valence-electron chi connectivity index (χ0n) is 12.9. The van der Waals surface area contributed by atoms with Crippen LogP contribution in [-0.4, -0.2) is 7.05 Å². The summed E-state index contributed by atoms with van der Waals surface area (Å²) >= 11 is 6.18. The van der Waals surface area contributed by atoms with Gasteiger partial charge in [0.2, 0.25) is 0 Å². The lowest BCUT2D eigenvalue weighted by Gasteiger charge is -2.19. The molecule has 1 unspecified atom stereocenters. The van der Waals surface area contributed by atoms with Crippen molar-refractivity contribution in [2.24, 2.45) is 0 Å². The van der Waals surface area contributed by atoms with E-state index in [9.17, 15) is 4.39 Å². The van der Waals surface area contributed by atoms with Crippen LogP contribution in [0.2, 0.25) is 5.02 Å². The Morgan fingerprint density at radius 2 is 1.80 bits per heavy atom. The Kier molecular flexibility index (Phi) is 8.16. The van der Waals surface area contributed by atoms with Gasteiger partial charge >= 0.3 is 0 Å². The van der Waals surface area contributed by atoms with E-state index in [2.05, 4.69) is 12.2 Å². The Morgan fingerprint density at radius 3 is 2.45 bits per heavy atom. The van der Waals surface area contributed by atoms with Crippen molar-refractivity contribution in [3.63, 3.8) is 0 Å². The van der Waals surface area contributed by atoms with Crippen LogP contribution >= 0.6 is 11.6 Å². The van der Waals surface area contributed by atoms with Crippen molar-refractivity contribution < 1.29 is 4.39 Å². The van der Waals surface area contributed by atoms with Crippen molar-refractivity contribution in [3.8, 4) is 0 Å². The fourth-order valence-corrected chi connectivity index (χ4v) is 2.81. The second-order valence-corrected chi connectivity index (χ2v) is 5.93. The monoisotopic (exact) mass is 299 g/mol. The summed E-state index contributed by atoms with van der Waals surface area (Å²) in [5.74, 6) is -0.229. The number of rotatable bonds is 9. The SMILES string of the molecule is CCCCCCCCC(NC)c1cc(C)c(F)cc1Cl. The molecule has 0 fully saturated rings. The third-order valence-corrected chi connectivity index (χ3v) is 4.18. The van der Waals surface area contributed by atoms with Crippen molar-refractivity contribution in [2.75, 3.05) is 7.05 Å². The molecule has 1 aromatic rings. The fourth-order valence-electron chi connectivity index (χ4n) is 2.53. The first-order valence-corrected chi connectivity index (χ1v) is 8.10. The minimum absolute atomic E-state index is 0.216. The first kappa shape index (κ1) is 17.5. The average molecular weight is 300 g/mol. The smallest absolute Gasteiger partial charge is 0.127 e. The van der Waals surface area contributed by atoms with E-state index in [0.29, 0.717) is 10.6 Å². The number of hydrogen-bond acceptors (Lipinski definition) is 1. The lowest BCUT2D eigenvalue weighted by molar-refractivity contribution is 0.496. The maximum atomic E-state index is 13.4. The van der Waals surface area contributed by atoms with Crippen molar-refractivity contribution in [2.45, 2.75) is 64.8 Å². The maximum absolute atomic E-state index is 13.4. The van der Waals surface area contributed by atoms with Crippen LogP contribution in [0.15, 0.2) is 12.1 Å². The summed E-state index contributed by atoms with van der Waals surface area (Å²) in [5, 5.41) is 3.83. The van der Waals surface area contributed by atoms with Crippen LogP contribution in [0.25, 0.3) is 0 Å². The normalized spacial score (nSPS) is 12.7. The number of benzene rings is 1. The zero-order chi connectivity index (χ0) is 15.0. The predicted molar refractivity (Wildman–Crippen MR) is 85.9 cm³/mol. The van der Waals surface area contributed by atoms with Crippen LogP contribution < -0.4 is 5.32 Å². The van der Waals surface area contributed by atoms with Crippen molar-refractivity contribution >= 4 is 11.6 Å². The summed E-state index contributed by atoms with van der Waals surface area (Å²) in [6.07, 6.45) is 8.74. The number of aryl methyl sites for hydroxylation is 1. The van der Waals surface area contributed by atoms with Gasteiger partial charge in [0.05, 0.1) is 0 Å². The van der Waals surface area contributed by atoms with Gasteiger partial charge < -0.3 is 5.32 Å². The summed E-state index contributed by atoms with van der Waals surface area (Å²) in [6.45, 7) is 4.02. The highest BCUT2D eigenvalue weighted by Gasteiger charge is 2.14. The quantitative estimate of drug-likeness (QED) is 0.568. The number of unbranched alkanes of at least 4 members (excludes halogenated alkanes) is 5. The third-order valence-electron chi connectivity index (χ3n) is 3.85. The van der Waals surface area contributed by atoms with Gasteiger partial charge in [-0.2, -0.15) is 0 Å². The molecule has 0 heterocycles. The summed E-state index contributed by atoms with van der Waals surface area (Å²) in [5.41, 5.74) is 1.68. The summed E-state index contributed by atoms with van der Waals surface area (Å²) in [4.78, 5) is 0. The molecular formula is C17H27ClFN. The molecule has 1 rings (SSSR count). The molecular weight excluding hydrogens is 273 g/mol. The van der Waals surface area contributed by atoms with Crippen LogP contribution in [0.3, 0.4) is 0 Å².